The number of hydrogen-bond acceptors (Lipinski definition) is 2. The van der Waals surface area contributed by atoms with E-state index in [0.717, 1.165) is 29.9 Å². The Morgan fingerprint density at radius 3 is 2.64 bits per heavy atom. The molecule has 2 nitrogen and oxygen atoms in total. The largest absolute Gasteiger partial charge is 0.493 e. The van der Waals surface area contributed by atoms with Crippen LogP contribution in [0.2, 0.25) is 0 Å². The number of ether oxygens (including phenoxy) is 1. The van der Waals surface area contributed by atoms with Crippen molar-refractivity contribution < 1.29 is 9.84 Å². The summed E-state index contributed by atoms with van der Waals surface area (Å²) in [6.07, 6.45) is 0.603. The molecular formula is C12H18O2. The van der Waals surface area contributed by atoms with Crippen LogP contribution in [-0.4, -0.2) is 11.7 Å². The van der Waals surface area contributed by atoms with Crippen LogP contribution in [0, 0.1) is 6.92 Å². The molecule has 1 aromatic rings. The lowest BCUT2D eigenvalue weighted by Gasteiger charge is -2.11. The van der Waals surface area contributed by atoms with Crippen molar-refractivity contribution >= 4 is 0 Å². The van der Waals surface area contributed by atoms with E-state index < -0.39 is 6.10 Å². The van der Waals surface area contributed by atoms with Crippen molar-refractivity contribution in [1.82, 2.24) is 0 Å². The Kier molecular flexibility index (Phi) is 3.96. The minimum Gasteiger partial charge on any atom is -0.493 e. The van der Waals surface area contributed by atoms with Crippen molar-refractivity contribution in [2.75, 3.05) is 6.61 Å². The van der Waals surface area contributed by atoms with Crippen molar-refractivity contribution in [2.24, 2.45) is 0 Å². The van der Waals surface area contributed by atoms with E-state index in [1.54, 1.807) is 6.92 Å². The third-order valence-electron chi connectivity index (χ3n) is 2.14. The molecule has 14 heavy (non-hydrogen) atoms. The van der Waals surface area contributed by atoms with E-state index >= 15 is 0 Å². The van der Waals surface area contributed by atoms with Crippen LogP contribution in [0.15, 0.2) is 18.2 Å². The molecule has 0 saturated carbocycles. The summed E-state index contributed by atoms with van der Waals surface area (Å²) < 4.78 is 5.54. The Morgan fingerprint density at radius 2 is 2.14 bits per heavy atom. The second-order valence-electron chi connectivity index (χ2n) is 3.55. The van der Waals surface area contributed by atoms with Crippen LogP contribution in [0.3, 0.4) is 0 Å². The van der Waals surface area contributed by atoms with Gasteiger partial charge in [0.05, 0.1) is 12.7 Å². The molecule has 1 aromatic carbocycles. The fraction of sp³-hybridized carbons (Fsp3) is 0.500. The van der Waals surface area contributed by atoms with Crippen molar-refractivity contribution in [1.29, 1.82) is 0 Å². The number of aliphatic hydroxyl groups excluding tert-OH is 1. The van der Waals surface area contributed by atoms with Crippen LogP contribution < -0.4 is 4.74 Å². The first-order valence-corrected chi connectivity index (χ1v) is 5.06. The highest BCUT2D eigenvalue weighted by molar-refractivity contribution is 5.36. The van der Waals surface area contributed by atoms with Crippen molar-refractivity contribution in [3.05, 3.63) is 29.3 Å². The summed E-state index contributed by atoms with van der Waals surface area (Å²) in [6, 6.07) is 5.80. The average molecular weight is 194 g/mol. The van der Waals surface area contributed by atoms with Crippen LogP contribution in [0.5, 0.6) is 5.75 Å². The van der Waals surface area contributed by atoms with Gasteiger partial charge in [0.2, 0.25) is 0 Å². The molecule has 0 fully saturated rings. The maximum absolute atomic E-state index is 9.37. The standard InChI is InChI=1S/C12H18O2/c1-4-7-14-12-6-5-11(10(3)13)8-9(12)2/h5-6,8,10,13H,4,7H2,1-3H3. The van der Waals surface area contributed by atoms with Crippen molar-refractivity contribution in [3.63, 3.8) is 0 Å². The molecule has 78 valence electrons. The molecule has 0 aromatic heterocycles. The number of benzene rings is 1. The average Bonchev–Trinajstić information content (AvgIpc) is 2.15. The summed E-state index contributed by atoms with van der Waals surface area (Å²) in [6.45, 7) is 6.59. The molecule has 1 N–H and O–H groups in total. The van der Waals surface area contributed by atoms with Gasteiger partial charge in [-0.25, -0.2) is 0 Å². The molecule has 0 amide bonds. The minimum absolute atomic E-state index is 0.408. The van der Waals surface area contributed by atoms with E-state index in [4.69, 9.17) is 4.74 Å². The van der Waals surface area contributed by atoms with E-state index in [-0.39, 0.29) is 0 Å². The van der Waals surface area contributed by atoms with Gasteiger partial charge in [-0.3, -0.25) is 0 Å². The number of hydrogen-bond donors (Lipinski definition) is 1. The highest BCUT2D eigenvalue weighted by atomic mass is 16.5. The lowest BCUT2D eigenvalue weighted by atomic mass is 10.1. The summed E-state index contributed by atoms with van der Waals surface area (Å²) in [4.78, 5) is 0. The van der Waals surface area contributed by atoms with Crippen LogP contribution >= 0.6 is 0 Å². The van der Waals surface area contributed by atoms with Gasteiger partial charge in [0.15, 0.2) is 0 Å². The fourth-order valence-electron chi connectivity index (χ4n) is 1.31. The molecule has 0 heterocycles. The van der Waals surface area contributed by atoms with Gasteiger partial charge in [0.25, 0.3) is 0 Å². The molecule has 0 aliphatic heterocycles. The second-order valence-corrected chi connectivity index (χ2v) is 3.55. The van der Waals surface area contributed by atoms with Gasteiger partial charge >= 0.3 is 0 Å². The number of aryl methyl sites for hydroxylation is 1. The van der Waals surface area contributed by atoms with Gasteiger partial charge in [0, 0.05) is 0 Å². The van der Waals surface area contributed by atoms with E-state index in [2.05, 4.69) is 6.92 Å². The van der Waals surface area contributed by atoms with Crippen molar-refractivity contribution in [2.45, 2.75) is 33.3 Å². The van der Waals surface area contributed by atoms with E-state index in [0.29, 0.717) is 0 Å². The summed E-state index contributed by atoms with van der Waals surface area (Å²) in [5.74, 6) is 0.913. The topological polar surface area (TPSA) is 29.5 Å². The van der Waals surface area contributed by atoms with Gasteiger partial charge < -0.3 is 9.84 Å². The molecule has 1 atom stereocenters. The van der Waals surface area contributed by atoms with Gasteiger partial charge in [0.1, 0.15) is 5.75 Å². The Balaban J connectivity index is 2.79. The molecule has 0 aliphatic carbocycles. The van der Waals surface area contributed by atoms with Gasteiger partial charge in [-0.15, -0.1) is 0 Å². The first-order valence-electron chi connectivity index (χ1n) is 5.06. The van der Waals surface area contributed by atoms with Gasteiger partial charge in [-0.2, -0.15) is 0 Å². The Hall–Kier alpha value is -1.02. The zero-order valence-corrected chi connectivity index (χ0v) is 9.08. The molecule has 0 aliphatic rings. The first kappa shape index (κ1) is 11.1. The molecular weight excluding hydrogens is 176 g/mol. The SMILES string of the molecule is CCCOc1ccc(C(C)O)cc1C. The Morgan fingerprint density at radius 1 is 1.43 bits per heavy atom. The summed E-state index contributed by atoms with van der Waals surface area (Å²) in [5, 5.41) is 9.37. The maximum Gasteiger partial charge on any atom is 0.122 e. The smallest absolute Gasteiger partial charge is 0.122 e. The maximum atomic E-state index is 9.37. The van der Waals surface area contributed by atoms with Crippen molar-refractivity contribution in [3.8, 4) is 5.75 Å². The summed E-state index contributed by atoms with van der Waals surface area (Å²) in [5.41, 5.74) is 2.02. The molecule has 2 heteroatoms. The van der Waals surface area contributed by atoms with Crippen LogP contribution in [-0.2, 0) is 0 Å². The fourth-order valence-corrected chi connectivity index (χ4v) is 1.31. The van der Waals surface area contributed by atoms with Gasteiger partial charge in [-0.1, -0.05) is 13.0 Å². The van der Waals surface area contributed by atoms with E-state index in [1.165, 1.54) is 0 Å². The molecule has 1 unspecified atom stereocenters. The third-order valence-corrected chi connectivity index (χ3v) is 2.14. The monoisotopic (exact) mass is 194 g/mol. The molecule has 0 saturated heterocycles. The quantitative estimate of drug-likeness (QED) is 0.798. The van der Waals surface area contributed by atoms with Crippen LogP contribution in [0.4, 0.5) is 0 Å². The predicted molar refractivity (Wildman–Crippen MR) is 57.6 cm³/mol. The zero-order chi connectivity index (χ0) is 10.6. The molecule has 1 rings (SSSR count). The van der Waals surface area contributed by atoms with Gasteiger partial charge in [-0.05, 0) is 43.5 Å². The highest BCUT2D eigenvalue weighted by Gasteiger charge is 2.04. The van der Waals surface area contributed by atoms with E-state index in [9.17, 15) is 5.11 Å². The number of rotatable bonds is 4. The third kappa shape index (κ3) is 2.74. The summed E-state index contributed by atoms with van der Waals surface area (Å²) in [7, 11) is 0. The normalized spacial score (nSPS) is 12.6. The minimum atomic E-state index is -0.408. The lowest BCUT2D eigenvalue weighted by Crippen LogP contribution is -1.98. The number of aliphatic hydroxyl groups is 1. The zero-order valence-electron chi connectivity index (χ0n) is 9.08. The highest BCUT2D eigenvalue weighted by Crippen LogP contribution is 2.22. The molecule has 0 bridgehead atoms. The van der Waals surface area contributed by atoms with Crippen LogP contribution in [0.1, 0.15) is 37.5 Å². The Bertz CT molecular complexity index is 292. The lowest BCUT2D eigenvalue weighted by molar-refractivity contribution is 0.199. The van der Waals surface area contributed by atoms with E-state index in [1.807, 2.05) is 25.1 Å². The molecule has 0 radical (unpaired) electrons. The Labute approximate surface area is 85.5 Å². The predicted octanol–water partition coefficient (Wildman–Crippen LogP) is 2.84. The summed E-state index contributed by atoms with van der Waals surface area (Å²) >= 11 is 0. The van der Waals surface area contributed by atoms with Crippen LogP contribution in [0.25, 0.3) is 0 Å². The first-order chi connectivity index (χ1) is 6.65. The molecule has 0 spiro atoms. The second kappa shape index (κ2) is 5.01.